The van der Waals surface area contributed by atoms with E-state index in [1.165, 1.54) is 11.3 Å². The molecule has 0 saturated carbocycles. The number of rotatable bonds is 2. The van der Waals surface area contributed by atoms with Crippen LogP contribution in [0.15, 0.2) is 18.2 Å². The van der Waals surface area contributed by atoms with E-state index in [9.17, 15) is 0 Å². The summed E-state index contributed by atoms with van der Waals surface area (Å²) in [7, 11) is 0. The van der Waals surface area contributed by atoms with Crippen LogP contribution in [0, 0.1) is 0 Å². The third-order valence-electron chi connectivity index (χ3n) is 3.44. The predicted molar refractivity (Wildman–Crippen MR) is 75.2 cm³/mol. The first-order valence-electron chi connectivity index (χ1n) is 6.36. The van der Waals surface area contributed by atoms with Gasteiger partial charge >= 0.3 is 0 Å². The largest absolute Gasteiger partial charge is 0.366 e. The van der Waals surface area contributed by atoms with Crippen molar-refractivity contribution in [2.75, 3.05) is 24.5 Å². The molecule has 1 aromatic rings. The van der Waals surface area contributed by atoms with Gasteiger partial charge in [-0.25, -0.2) is 0 Å². The van der Waals surface area contributed by atoms with Gasteiger partial charge < -0.3 is 10.2 Å². The minimum absolute atomic E-state index is 0.483. The highest BCUT2D eigenvalue weighted by molar-refractivity contribution is 6.31. The highest BCUT2D eigenvalue weighted by Gasteiger charge is 2.19. The minimum atomic E-state index is 0.483. The molecule has 0 aliphatic carbocycles. The van der Waals surface area contributed by atoms with E-state index in [2.05, 4.69) is 49.2 Å². The van der Waals surface area contributed by atoms with E-state index in [1.54, 1.807) is 0 Å². The van der Waals surface area contributed by atoms with Crippen molar-refractivity contribution < 1.29 is 0 Å². The van der Waals surface area contributed by atoms with E-state index >= 15 is 0 Å². The number of piperazine rings is 1. The summed E-state index contributed by atoms with van der Waals surface area (Å²) in [6.07, 6.45) is 0. The number of nitrogens with zero attached hydrogens (tertiary/aromatic N) is 1. The van der Waals surface area contributed by atoms with Gasteiger partial charge in [0.05, 0.1) is 0 Å². The molecular formula is C14H21ClN2. The lowest BCUT2D eigenvalue weighted by molar-refractivity contribution is 0.501. The van der Waals surface area contributed by atoms with Crippen LogP contribution >= 0.6 is 11.6 Å². The predicted octanol–water partition coefficient (Wildman–Crippen LogP) is 3.26. The van der Waals surface area contributed by atoms with Gasteiger partial charge in [0.1, 0.15) is 0 Å². The highest BCUT2D eigenvalue weighted by atomic mass is 35.5. The summed E-state index contributed by atoms with van der Waals surface area (Å²) in [5.41, 5.74) is 2.48. The molecule has 1 heterocycles. The zero-order valence-corrected chi connectivity index (χ0v) is 11.6. The lowest BCUT2D eigenvalue weighted by Crippen LogP contribution is -2.49. The van der Waals surface area contributed by atoms with Gasteiger partial charge in [0, 0.05) is 36.4 Å². The van der Waals surface area contributed by atoms with Crippen LogP contribution in [0.2, 0.25) is 5.02 Å². The first-order valence-corrected chi connectivity index (χ1v) is 6.74. The van der Waals surface area contributed by atoms with Gasteiger partial charge in [-0.1, -0.05) is 31.5 Å². The van der Waals surface area contributed by atoms with Crippen LogP contribution < -0.4 is 10.2 Å². The molecular weight excluding hydrogens is 232 g/mol. The third-order valence-corrected chi connectivity index (χ3v) is 3.77. The van der Waals surface area contributed by atoms with E-state index in [4.69, 9.17) is 11.6 Å². The van der Waals surface area contributed by atoms with E-state index in [0.717, 1.165) is 24.7 Å². The van der Waals surface area contributed by atoms with E-state index in [1.807, 2.05) is 0 Å². The smallest absolute Gasteiger partial charge is 0.0461 e. The average molecular weight is 253 g/mol. The van der Waals surface area contributed by atoms with Crippen LogP contribution in [0.25, 0.3) is 0 Å². The maximum atomic E-state index is 6.35. The molecule has 1 N–H and O–H groups in total. The second kappa shape index (κ2) is 5.28. The van der Waals surface area contributed by atoms with Gasteiger partial charge in [-0.05, 0) is 30.5 Å². The molecule has 1 aliphatic rings. The average Bonchev–Trinajstić information content (AvgIpc) is 2.29. The van der Waals surface area contributed by atoms with Crippen LogP contribution in [0.5, 0.6) is 0 Å². The van der Waals surface area contributed by atoms with Crippen molar-refractivity contribution >= 4 is 17.3 Å². The number of benzene rings is 1. The molecule has 1 aromatic carbocycles. The maximum Gasteiger partial charge on any atom is 0.0461 e. The summed E-state index contributed by atoms with van der Waals surface area (Å²) in [5.74, 6) is 0.483. The summed E-state index contributed by atoms with van der Waals surface area (Å²) >= 11 is 6.35. The second-order valence-electron chi connectivity index (χ2n) is 5.11. The van der Waals surface area contributed by atoms with Crippen molar-refractivity contribution in [1.29, 1.82) is 0 Å². The van der Waals surface area contributed by atoms with Gasteiger partial charge in [-0.3, -0.25) is 0 Å². The Hall–Kier alpha value is -0.730. The molecule has 0 amide bonds. The first-order chi connectivity index (χ1) is 8.09. The Balaban J connectivity index is 2.24. The fourth-order valence-electron chi connectivity index (χ4n) is 2.39. The molecule has 1 aliphatic heterocycles. The molecule has 1 fully saturated rings. The van der Waals surface area contributed by atoms with E-state index < -0.39 is 0 Å². The fraction of sp³-hybridized carbons (Fsp3) is 0.571. The number of nitrogens with one attached hydrogen (secondary N) is 1. The lowest BCUT2D eigenvalue weighted by atomic mass is 10.0. The number of hydrogen-bond donors (Lipinski definition) is 1. The zero-order chi connectivity index (χ0) is 12.4. The molecule has 2 rings (SSSR count). The monoisotopic (exact) mass is 252 g/mol. The van der Waals surface area contributed by atoms with Gasteiger partial charge in [-0.15, -0.1) is 0 Å². The summed E-state index contributed by atoms with van der Waals surface area (Å²) in [6, 6.07) is 7.00. The van der Waals surface area contributed by atoms with Gasteiger partial charge in [0.15, 0.2) is 0 Å². The van der Waals surface area contributed by atoms with Crippen molar-refractivity contribution in [2.45, 2.75) is 32.7 Å². The van der Waals surface area contributed by atoms with Crippen LogP contribution in [-0.4, -0.2) is 25.7 Å². The van der Waals surface area contributed by atoms with Crippen molar-refractivity contribution in [2.24, 2.45) is 0 Å². The van der Waals surface area contributed by atoms with Gasteiger partial charge in [-0.2, -0.15) is 0 Å². The highest BCUT2D eigenvalue weighted by Crippen LogP contribution is 2.29. The van der Waals surface area contributed by atoms with Crippen molar-refractivity contribution in [3.8, 4) is 0 Å². The van der Waals surface area contributed by atoms with Gasteiger partial charge in [0.25, 0.3) is 0 Å². The first kappa shape index (κ1) is 12.7. The maximum absolute atomic E-state index is 6.35. The molecule has 94 valence electrons. The molecule has 17 heavy (non-hydrogen) atoms. The summed E-state index contributed by atoms with van der Waals surface area (Å²) in [4.78, 5) is 2.42. The van der Waals surface area contributed by atoms with Crippen LogP contribution in [-0.2, 0) is 0 Å². The Morgan fingerprint density at radius 1 is 1.41 bits per heavy atom. The molecule has 3 heteroatoms. The zero-order valence-electron chi connectivity index (χ0n) is 10.8. The van der Waals surface area contributed by atoms with Crippen LogP contribution in [0.3, 0.4) is 0 Å². The lowest BCUT2D eigenvalue weighted by Gasteiger charge is -2.36. The second-order valence-corrected chi connectivity index (χ2v) is 5.51. The minimum Gasteiger partial charge on any atom is -0.366 e. The normalized spacial score (nSPS) is 21.0. The summed E-state index contributed by atoms with van der Waals surface area (Å²) in [6.45, 7) is 9.75. The molecule has 1 saturated heterocycles. The Kier molecular flexibility index (Phi) is 3.95. The Labute approximate surface area is 109 Å². The molecule has 0 spiro atoms. The molecule has 2 nitrogen and oxygen atoms in total. The summed E-state index contributed by atoms with van der Waals surface area (Å²) in [5, 5.41) is 4.30. The number of hydrogen-bond acceptors (Lipinski definition) is 2. The van der Waals surface area contributed by atoms with Crippen molar-refractivity contribution in [1.82, 2.24) is 5.32 Å². The van der Waals surface area contributed by atoms with Gasteiger partial charge in [0.2, 0.25) is 0 Å². The summed E-state index contributed by atoms with van der Waals surface area (Å²) < 4.78 is 0. The van der Waals surface area contributed by atoms with Crippen LogP contribution in [0.4, 0.5) is 5.69 Å². The standard InChI is InChI=1S/C14H21ClN2/c1-10(2)13-5-4-12(8-14(13)15)17-7-6-16-9-11(17)3/h4-5,8,10-11,16H,6-7,9H2,1-3H3/t11-/m0/s1. The van der Waals surface area contributed by atoms with E-state index in [-0.39, 0.29) is 0 Å². The Bertz CT molecular complexity index is 390. The SMILES string of the molecule is CC(C)c1ccc(N2CCNC[C@@H]2C)cc1Cl. The quantitative estimate of drug-likeness (QED) is 0.869. The Morgan fingerprint density at radius 2 is 2.18 bits per heavy atom. The number of anilines is 1. The van der Waals surface area contributed by atoms with Crippen molar-refractivity contribution in [3.63, 3.8) is 0 Å². The topological polar surface area (TPSA) is 15.3 Å². The number of halogens is 1. The molecule has 0 unspecified atom stereocenters. The molecule has 0 radical (unpaired) electrons. The van der Waals surface area contributed by atoms with Crippen LogP contribution in [0.1, 0.15) is 32.3 Å². The molecule has 0 bridgehead atoms. The molecule has 0 aromatic heterocycles. The Morgan fingerprint density at radius 3 is 2.76 bits per heavy atom. The third kappa shape index (κ3) is 2.75. The molecule has 1 atom stereocenters. The fourth-order valence-corrected chi connectivity index (χ4v) is 2.78. The van der Waals surface area contributed by atoms with Crippen molar-refractivity contribution in [3.05, 3.63) is 28.8 Å². The van der Waals surface area contributed by atoms with E-state index in [0.29, 0.717) is 12.0 Å².